The van der Waals surface area contributed by atoms with E-state index in [1.54, 1.807) is 7.11 Å². The van der Waals surface area contributed by atoms with Crippen LogP contribution in [0.4, 0.5) is 0 Å². The topological polar surface area (TPSA) is 44.9 Å². The molecular formula is C14H23ClN4O. The first-order valence-electron chi connectivity index (χ1n) is 7.08. The Labute approximate surface area is 124 Å². The van der Waals surface area contributed by atoms with Crippen LogP contribution in [0, 0.1) is 0 Å². The summed E-state index contributed by atoms with van der Waals surface area (Å²) in [5, 5.41) is 4.45. The standard InChI is InChI=1S/C14H23ClN4O/c1-6-7-11-12-14(18(4)17-11)19(8-9(2)20-5)13(16-12)10(3)15/h9-10H,6-8H2,1-5H3. The molecule has 0 N–H and O–H groups in total. The Morgan fingerprint density at radius 1 is 1.35 bits per heavy atom. The first-order chi connectivity index (χ1) is 9.49. The van der Waals surface area contributed by atoms with Crippen molar-refractivity contribution < 1.29 is 4.74 Å². The highest BCUT2D eigenvalue weighted by Gasteiger charge is 2.22. The number of hydrogen-bond donors (Lipinski definition) is 0. The van der Waals surface area contributed by atoms with Gasteiger partial charge in [-0.25, -0.2) is 4.98 Å². The summed E-state index contributed by atoms with van der Waals surface area (Å²) in [5.74, 6) is 0.885. The minimum atomic E-state index is -0.138. The van der Waals surface area contributed by atoms with Crippen molar-refractivity contribution in [3.05, 3.63) is 11.5 Å². The molecule has 0 spiro atoms. The van der Waals surface area contributed by atoms with Gasteiger partial charge in [-0.1, -0.05) is 13.3 Å². The molecule has 0 aliphatic rings. The number of methoxy groups -OCH3 is 1. The largest absolute Gasteiger partial charge is 0.380 e. The highest BCUT2D eigenvalue weighted by Crippen LogP contribution is 2.27. The molecule has 0 bridgehead atoms. The SMILES string of the molecule is CCCc1nn(C)c2c1nc(C(C)Cl)n2CC(C)OC. The van der Waals surface area contributed by atoms with E-state index in [-0.39, 0.29) is 11.5 Å². The summed E-state index contributed by atoms with van der Waals surface area (Å²) >= 11 is 6.29. The zero-order valence-corrected chi connectivity index (χ0v) is 13.6. The number of imidazole rings is 1. The molecule has 20 heavy (non-hydrogen) atoms. The summed E-state index contributed by atoms with van der Waals surface area (Å²) in [7, 11) is 3.67. The van der Waals surface area contributed by atoms with Gasteiger partial charge in [0.15, 0.2) is 5.65 Å². The Balaban J connectivity index is 2.59. The molecule has 2 unspecified atom stereocenters. The van der Waals surface area contributed by atoms with Crippen LogP contribution in [0.25, 0.3) is 11.2 Å². The Morgan fingerprint density at radius 3 is 2.60 bits per heavy atom. The van der Waals surface area contributed by atoms with Crippen LogP contribution in [0.5, 0.6) is 0 Å². The fourth-order valence-electron chi connectivity index (χ4n) is 2.48. The van der Waals surface area contributed by atoms with Gasteiger partial charge in [-0.15, -0.1) is 11.6 Å². The van der Waals surface area contributed by atoms with Crippen LogP contribution < -0.4 is 0 Å². The Morgan fingerprint density at radius 2 is 2.05 bits per heavy atom. The van der Waals surface area contributed by atoms with Gasteiger partial charge >= 0.3 is 0 Å². The number of fused-ring (bicyclic) bond motifs is 1. The molecule has 0 radical (unpaired) electrons. The predicted molar refractivity (Wildman–Crippen MR) is 81.2 cm³/mol. The third-order valence-electron chi connectivity index (χ3n) is 3.51. The van der Waals surface area contributed by atoms with Crippen molar-refractivity contribution in [2.24, 2.45) is 7.05 Å². The van der Waals surface area contributed by atoms with Gasteiger partial charge in [0, 0.05) is 14.2 Å². The lowest BCUT2D eigenvalue weighted by atomic mass is 10.2. The summed E-state index contributed by atoms with van der Waals surface area (Å²) in [6.07, 6.45) is 2.09. The molecule has 0 saturated heterocycles. The van der Waals surface area contributed by atoms with Gasteiger partial charge in [0.25, 0.3) is 0 Å². The zero-order valence-electron chi connectivity index (χ0n) is 12.9. The molecule has 6 heteroatoms. The molecule has 5 nitrogen and oxygen atoms in total. The van der Waals surface area contributed by atoms with Gasteiger partial charge in [-0.3, -0.25) is 4.68 Å². The number of halogens is 1. The molecule has 0 fully saturated rings. The molecule has 0 aromatic carbocycles. The van der Waals surface area contributed by atoms with Crippen molar-refractivity contribution in [3.8, 4) is 0 Å². The van der Waals surface area contributed by atoms with Crippen LogP contribution in [0.1, 0.15) is 44.1 Å². The number of aryl methyl sites for hydroxylation is 2. The quantitative estimate of drug-likeness (QED) is 0.770. The summed E-state index contributed by atoms with van der Waals surface area (Å²) in [6.45, 7) is 6.86. The second kappa shape index (κ2) is 6.14. The van der Waals surface area contributed by atoms with Crippen LogP contribution >= 0.6 is 11.6 Å². The first-order valence-corrected chi connectivity index (χ1v) is 7.52. The average Bonchev–Trinajstić information content (AvgIpc) is 2.90. The van der Waals surface area contributed by atoms with Crippen molar-refractivity contribution in [3.63, 3.8) is 0 Å². The van der Waals surface area contributed by atoms with Crippen molar-refractivity contribution >= 4 is 22.8 Å². The van der Waals surface area contributed by atoms with Crippen LogP contribution in [0.3, 0.4) is 0 Å². The van der Waals surface area contributed by atoms with E-state index < -0.39 is 0 Å². The molecule has 2 aromatic heterocycles. The lowest BCUT2D eigenvalue weighted by Gasteiger charge is -2.15. The minimum Gasteiger partial charge on any atom is -0.380 e. The second-order valence-corrected chi connectivity index (χ2v) is 5.89. The van der Waals surface area contributed by atoms with E-state index in [2.05, 4.69) is 16.6 Å². The molecular weight excluding hydrogens is 276 g/mol. The smallest absolute Gasteiger partial charge is 0.158 e. The van der Waals surface area contributed by atoms with E-state index in [9.17, 15) is 0 Å². The number of aromatic nitrogens is 4. The molecule has 0 aliphatic heterocycles. The maximum Gasteiger partial charge on any atom is 0.158 e. The number of nitrogens with zero attached hydrogens (tertiary/aromatic N) is 4. The molecule has 112 valence electrons. The maximum atomic E-state index is 6.29. The third kappa shape index (κ3) is 2.69. The molecule has 2 rings (SSSR count). The van der Waals surface area contributed by atoms with Crippen molar-refractivity contribution in [1.82, 2.24) is 19.3 Å². The zero-order chi connectivity index (χ0) is 14.9. The summed E-state index contributed by atoms with van der Waals surface area (Å²) < 4.78 is 9.41. The summed E-state index contributed by atoms with van der Waals surface area (Å²) in [5.41, 5.74) is 3.05. The highest BCUT2D eigenvalue weighted by molar-refractivity contribution is 6.20. The molecule has 0 aliphatic carbocycles. The van der Waals surface area contributed by atoms with Crippen LogP contribution in [0.2, 0.25) is 0 Å². The molecule has 2 atom stereocenters. The van der Waals surface area contributed by atoms with Crippen molar-refractivity contribution in [2.75, 3.05) is 7.11 Å². The maximum absolute atomic E-state index is 6.29. The second-order valence-electron chi connectivity index (χ2n) is 5.24. The van der Waals surface area contributed by atoms with Crippen LogP contribution in [-0.2, 0) is 24.8 Å². The van der Waals surface area contributed by atoms with Gasteiger partial charge in [0.2, 0.25) is 0 Å². The molecule has 0 amide bonds. The summed E-state index contributed by atoms with van der Waals surface area (Å²) in [6, 6.07) is 0. The fraction of sp³-hybridized carbons (Fsp3) is 0.714. The van der Waals surface area contributed by atoms with Crippen LogP contribution in [0.15, 0.2) is 0 Å². The van der Waals surface area contributed by atoms with E-state index in [0.29, 0.717) is 0 Å². The van der Waals surface area contributed by atoms with E-state index >= 15 is 0 Å². The van der Waals surface area contributed by atoms with Crippen molar-refractivity contribution in [2.45, 2.75) is 51.6 Å². The van der Waals surface area contributed by atoms with E-state index in [4.69, 9.17) is 21.3 Å². The highest BCUT2D eigenvalue weighted by atomic mass is 35.5. The number of alkyl halides is 1. The van der Waals surface area contributed by atoms with E-state index in [1.807, 2.05) is 25.6 Å². The number of ether oxygens (including phenoxy) is 1. The van der Waals surface area contributed by atoms with E-state index in [1.165, 1.54) is 0 Å². The number of rotatable bonds is 6. The van der Waals surface area contributed by atoms with Gasteiger partial charge in [0.05, 0.1) is 23.7 Å². The monoisotopic (exact) mass is 298 g/mol. The molecule has 2 heterocycles. The minimum absolute atomic E-state index is 0.103. The lowest BCUT2D eigenvalue weighted by molar-refractivity contribution is 0.103. The van der Waals surface area contributed by atoms with Crippen LogP contribution in [-0.4, -0.2) is 32.5 Å². The lowest BCUT2D eigenvalue weighted by Crippen LogP contribution is -2.18. The fourth-order valence-corrected chi connectivity index (χ4v) is 2.65. The average molecular weight is 299 g/mol. The van der Waals surface area contributed by atoms with E-state index in [0.717, 1.165) is 42.1 Å². The van der Waals surface area contributed by atoms with Gasteiger partial charge < -0.3 is 9.30 Å². The van der Waals surface area contributed by atoms with Gasteiger partial charge in [-0.05, 0) is 20.3 Å². The Hall–Kier alpha value is -1.07. The third-order valence-corrected chi connectivity index (χ3v) is 3.70. The predicted octanol–water partition coefficient (Wildman–Crippen LogP) is 3.06. The van der Waals surface area contributed by atoms with Gasteiger partial charge in [-0.2, -0.15) is 5.10 Å². The summed E-state index contributed by atoms with van der Waals surface area (Å²) in [4.78, 5) is 4.73. The van der Waals surface area contributed by atoms with Gasteiger partial charge in [0.1, 0.15) is 11.3 Å². The molecule has 2 aromatic rings. The normalized spacial score (nSPS) is 14.9. The first kappa shape index (κ1) is 15.3. The molecule has 0 saturated carbocycles. The Bertz CT molecular complexity index is 588. The Kier molecular flexibility index (Phi) is 4.70. The number of hydrogen-bond acceptors (Lipinski definition) is 3. The van der Waals surface area contributed by atoms with Crippen molar-refractivity contribution in [1.29, 1.82) is 0 Å².